The molecule has 6 heteroatoms. The average Bonchev–Trinajstić information content (AvgIpc) is 3.03. The van der Waals surface area contributed by atoms with E-state index in [0.29, 0.717) is 12.1 Å². The smallest absolute Gasteiger partial charge is 0.191 e. The van der Waals surface area contributed by atoms with Gasteiger partial charge in [0.15, 0.2) is 5.96 Å². The maximum Gasteiger partial charge on any atom is 0.191 e. The van der Waals surface area contributed by atoms with Gasteiger partial charge in [0.1, 0.15) is 0 Å². The van der Waals surface area contributed by atoms with Crippen LogP contribution in [0.4, 0.5) is 0 Å². The van der Waals surface area contributed by atoms with Crippen LogP contribution in [0.3, 0.4) is 0 Å². The highest BCUT2D eigenvalue weighted by Gasteiger charge is 2.14. The monoisotopic (exact) mass is 328 g/mol. The van der Waals surface area contributed by atoms with Gasteiger partial charge in [-0.15, -0.1) is 0 Å². The van der Waals surface area contributed by atoms with Crippen molar-refractivity contribution < 1.29 is 9.47 Å². The van der Waals surface area contributed by atoms with Gasteiger partial charge in [-0.25, -0.2) is 0 Å². The standard InChI is InChI=1S/C17H36N4O2/c1-5-18-17(20-10-11-21(4)15(2)3)19-9-7-12-22-14-16-8-6-13-23-16/h15-16H,5-14H2,1-4H3,(H2,18,19,20). The largest absolute Gasteiger partial charge is 0.379 e. The van der Waals surface area contributed by atoms with E-state index in [-0.39, 0.29) is 0 Å². The fourth-order valence-electron chi connectivity index (χ4n) is 2.30. The molecule has 136 valence electrons. The summed E-state index contributed by atoms with van der Waals surface area (Å²) in [6.45, 7) is 12.4. The van der Waals surface area contributed by atoms with Crippen molar-refractivity contribution in [1.82, 2.24) is 15.5 Å². The molecule has 0 aromatic carbocycles. The van der Waals surface area contributed by atoms with Crippen LogP contribution in [0, 0.1) is 0 Å². The van der Waals surface area contributed by atoms with Gasteiger partial charge in [0.05, 0.1) is 12.7 Å². The molecule has 1 aliphatic heterocycles. The minimum Gasteiger partial charge on any atom is -0.379 e. The molecule has 1 heterocycles. The van der Waals surface area contributed by atoms with E-state index in [1.807, 2.05) is 0 Å². The number of ether oxygens (including phenoxy) is 2. The zero-order chi connectivity index (χ0) is 16.9. The van der Waals surface area contributed by atoms with Crippen LogP contribution in [0.25, 0.3) is 0 Å². The molecular weight excluding hydrogens is 292 g/mol. The van der Waals surface area contributed by atoms with Gasteiger partial charge in [0, 0.05) is 45.4 Å². The van der Waals surface area contributed by atoms with Crippen molar-refractivity contribution in [3.63, 3.8) is 0 Å². The number of nitrogens with zero attached hydrogens (tertiary/aromatic N) is 2. The number of hydrogen-bond acceptors (Lipinski definition) is 4. The molecule has 0 amide bonds. The molecule has 0 saturated carbocycles. The number of hydrogen-bond donors (Lipinski definition) is 2. The Morgan fingerprint density at radius 2 is 2.22 bits per heavy atom. The molecule has 2 N–H and O–H groups in total. The average molecular weight is 329 g/mol. The summed E-state index contributed by atoms with van der Waals surface area (Å²) < 4.78 is 11.2. The lowest BCUT2D eigenvalue weighted by atomic mass is 10.2. The van der Waals surface area contributed by atoms with Crippen molar-refractivity contribution in [2.75, 3.05) is 53.0 Å². The van der Waals surface area contributed by atoms with E-state index in [2.05, 4.69) is 48.3 Å². The van der Waals surface area contributed by atoms with Gasteiger partial charge in [-0.3, -0.25) is 4.99 Å². The molecule has 0 spiro atoms. The molecule has 0 aliphatic carbocycles. The quantitative estimate of drug-likeness (QED) is 0.342. The van der Waals surface area contributed by atoms with Gasteiger partial charge >= 0.3 is 0 Å². The Morgan fingerprint density at radius 1 is 1.39 bits per heavy atom. The summed E-state index contributed by atoms with van der Waals surface area (Å²) in [4.78, 5) is 6.90. The van der Waals surface area contributed by atoms with Crippen LogP contribution in [0.15, 0.2) is 4.99 Å². The van der Waals surface area contributed by atoms with Gasteiger partial charge in [-0.05, 0) is 47.1 Å². The zero-order valence-corrected chi connectivity index (χ0v) is 15.4. The molecular formula is C17H36N4O2. The molecule has 0 aromatic rings. The highest BCUT2D eigenvalue weighted by molar-refractivity contribution is 5.79. The van der Waals surface area contributed by atoms with Crippen LogP contribution >= 0.6 is 0 Å². The summed E-state index contributed by atoms with van der Waals surface area (Å²) in [5, 5.41) is 6.66. The first-order valence-corrected chi connectivity index (χ1v) is 9.05. The minimum atomic E-state index is 0.315. The van der Waals surface area contributed by atoms with Gasteiger partial charge in [-0.2, -0.15) is 0 Å². The Hall–Kier alpha value is -0.850. The summed E-state index contributed by atoms with van der Waals surface area (Å²) in [6.07, 6.45) is 3.56. The van der Waals surface area contributed by atoms with Crippen LogP contribution in [-0.4, -0.2) is 76.1 Å². The van der Waals surface area contributed by atoms with E-state index in [1.165, 1.54) is 6.42 Å². The molecule has 0 radical (unpaired) electrons. The van der Waals surface area contributed by atoms with E-state index in [0.717, 1.165) is 64.8 Å². The lowest BCUT2D eigenvalue weighted by Gasteiger charge is -2.21. The van der Waals surface area contributed by atoms with Crippen molar-refractivity contribution in [1.29, 1.82) is 0 Å². The molecule has 1 aliphatic rings. The minimum absolute atomic E-state index is 0.315. The third-order valence-corrected chi connectivity index (χ3v) is 4.03. The topological polar surface area (TPSA) is 58.1 Å². The van der Waals surface area contributed by atoms with Gasteiger partial charge < -0.3 is 25.0 Å². The number of likely N-dealkylation sites (N-methyl/N-ethyl adjacent to an activating group) is 1. The summed E-state index contributed by atoms with van der Waals surface area (Å²) >= 11 is 0. The molecule has 0 bridgehead atoms. The molecule has 1 rings (SSSR count). The normalized spacial score (nSPS) is 18.9. The zero-order valence-electron chi connectivity index (χ0n) is 15.4. The predicted molar refractivity (Wildman–Crippen MR) is 96.2 cm³/mol. The second-order valence-corrected chi connectivity index (χ2v) is 6.33. The maximum absolute atomic E-state index is 5.66. The fourth-order valence-corrected chi connectivity index (χ4v) is 2.30. The highest BCUT2D eigenvalue weighted by Crippen LogP contribution is 2.11. The molecule has 1 unspecified atom stereocenters. The summed E-state index contributed by atoms with van der Waals surface area (Å²) in [6, 6.07) is 0.567. The summed E-state index contributed by atoms with van der Waals surface area (Å²) in [5.74, 6) is 0.892. The summed E-state index contributed by atoms with van der Waals surface area (Å²) in [5.41, 5.74) is 0. The van der Waals surface area contributed by atoms with Gasteiger partial charge in [0.25, 0.3) is 0 Å². The Morgan fingerprint density at radius 3 is 2.87 bits per heavy atom. The molecule has 1 saturated heterocycles. The first kappa shape index (κ1) is 20.2. The van der Waals surface area contributed by atoms with E-state index < -0.39 is 0 Å². The van der Waals surface area contributed by atoms with Crippen LogP contribution in [-0.2, 0) is 9.47 Å². The Kier molecular flexibility index (Phi) is 11.0. The molecule has 1 fully saturated rings. The Labute approximate surface area is 142 Å². The number of rotatable bonds is 11. The number of guanidine groups is 1. The van der Waals surface area contributed by atoms with E-state index in [4.69, 9.17) is 9.47 Å². The maximum atomic E-state index is 5.66. The van der Waals surface area contributed by atoms with Crippen molar-refractivity contribution in [2.45, 2.75) is 52.2 Å². The summed E-state index contributed by atoms with van der Waals surface area (Å²) in [7, 11) is 2.14. The van der Waals surface area contributed by atoms with Crippen LogP contribution in [0.1, 0.15) is 40.0 Å². The Bertz CT molecular complexity index is 318. The lowest BCUT2D eigenvalue weighted by Crippen LogP contribution is -2.42. The van der Waals surface area contributed by atoms with Gasteiger partial charge in [0.2, 0.25) is 0 Å². The van der Waals surface area contributed by atoms with Crippen LogP contribution in [0.5, 0.6) is 0 Å². The van der Waals surface area contributed by atoms with Crippen LogP contribution in [0.2, 0.25) is 0 Å². The molecule has 1 atom stereocenters. The fraction of sp³-hybridized carbons (Fsp3) is 0.941. The van der Waals surface area contributed by atoms with Crippen molar-refractivity contribution in [3.8, 4) is 0 Å². The van der Waals surface area contributed by atoms with Crippen molar-refractivity contribution in [2.24, 2.45) is 4.99 Å². The van der Waals surface area contributed by atoms with E-state index in [9.17, 15) is 0 Å². The number of nitrogens with one attached hydrogen (secondary N) is 2. The molecule has 0 aromatic heterocycles. The lowest BCUT2D eigenvalue weighted by molar-refractivity contribution is 0.0171. The third-order valence-electron chi connectivity index (χ3n) is 4.03. The second kappa shape index (κ2) is 12.6. The highest BCUT2D eigenvalue weighted by atomic mass is 16.5. The first-order chi connectivity index (χ1) is 11.1. The SMILES string of the molecule is CCNC(=NCCCOCC1CCCO1)NCCN(C)C(C)C. The van der Waals surface area contributed by atoms with E-state index >= 15 is 0 Å². The second-order valence-electron chi connectivity index (χ2n) is 6.33. The van der Waals surface area contributed by atoms with Crippen molar-refractivity contribution >= 4 is 5.96 Å². The van der Waals surface area contributed by atoms with E-state index in [1.54, 1.807) is 0 Å². The van der Waals surface area contributed by atoms with Crippen molar-refractivity contribution in [3.05, 3.63) is 0 Å². The third kappa shape index (κ3) is 9.79. The number of aliphatic imine (C=N–C) groups is 1. The first-order valence-electron chi connectivity index (χ1n) is 9.05. The molecule has 23 heavy (non-hydrogen) atoms. The van der Waals surface area contributed by atoms with Crippen LogP contribution < -0.4 is 10.6 Å². The Balaban J connectivity index is 2.10. The molecule has 6 nitrogen and oxygen atoms in total. The van der Waals surface area contributed by atoms with Gasteiger partial charge in [-0.1, -0.05) is 0 Å². The predicted octanol–water partition coefficient (Wildman–Crippen LogP) is 1.47.